The predicted molar refractivity (Wildman–Crippen MR) is 121 cm³/mol. The van der Waals surface area contributed by atoms with Gasteiger partial charge in [-0.3, -0.25) is 9.59 Å². The standard InChI is InChI=1S/C24H24N4O3/c25-24(26)28-21-8-4-7-18(15-21)22(29)27-20-11-9-17(10-12-20)14-19(23(30)31)13-16-5-2-1-3-6-16/h1-12,15,19H,13-14H2,(H,27,29)(H,30,31)(H4,25,26,28). The van der Waals surface area contributed by atoms with Crippen molar-refractivity contribution in [2.75, 3.05) is 5.32 Å². The Morgan fingerprint density at radius 3 is 2.13 bits per heavy atom. The lowest BCUT2D eigenvalue weighted by Crippen LogP contribution is -2.22. The number of carbonyl (C=O) groups is 2. The first-order chi connectivity index (χ1) is 14.9. The third-order valence-electron chi connectivity index (χ3n) is 4.73. The molecule has 3 rings (SSSR count). The van der Waals surface area contributed by atoms with Crippen LogP contribution in [0.15, 0.2) is 83.9 Å². The summed E-state index contributed by atoms with van der Waals surface area (Å²) < 4.78 is 0. The third kappa shape index (κ3) is 6.43. The molecule has 1 atom stereocenters. The van der Waals surface area contributed by atoms with E-state index in [0.29, 0.717) is 29.8 Å². The molecule has 0 aliphatic heterocycles. The van der Waals surface area contributed by atoms with Crippen molar-refractivity contribution in [1.82, 2.24) is 0 Å². The molecule has 0 aliphatic carbocycles. The normalized spacial score (nSPS) is 11.4. The van der Waals surface area contributed by atoms with Crippen molar-refractivity contribution in [3.63, 3.8) is 0 Å². The molecule has 7 heteroatoms. The number of carboxylic acid groups (broad SMARTS) is 1. The molecular weight excluding hydrogens is 392 g/mol. The summed E-state index contributed by atoms with van der Waals surface area (Å²) in [6, 6.07) is 23.4. The first-order valence-corrected chi connectivity index (χ1v) is 9.77. The van der Waals surface area contributed by atoms with Crippen LogP contribution < -0.4 is 16.8 Å². The van der Waals surface area contributed by atoms with Gasteiger partial charge in [-0.1, -0.05) is 48.5 Å². The number of nitrogens with one attached hydrogen (secondary N) is 1. The molecule has 3 aromatic carbocycles. The average molecular weight is 416 g/mol. The van der Waals surface area contributed by atoms with Crippen LogP contribution in [-0.4, -0.2) is 22.9 Å². The Kier molecular flexibility index (Phi) is 7.01. The largest absolute Gasteiger partial charge is 0.481 e. The number of benzene rings is 3. The Labute approximate surface area is 180 Å². The van der Waals surface area contributed by atoms with E-state index >= 15 is 0 Å². The second kappa shape index (κ2) is 10.1. The van der Waals surface area contributed by atoms with E-state index in [1.807, 2.05) is 42.5 Å². The highest BCUT2D eigenvalue weighted by atomic mass is 16.4. The van der Waals surface area contributed by atoms with Crippen LogP contribution in [0.3, 0.4) is 0 Å². The molecule has 7 nitrogen and oxygen atoms in total. The number of nitrogens with zero attached hydrogens (tertiary/aromatic N) is 1. The lowest BCUT2D eigenvalue weighted by molar-refractivity contribution is -0.141. The minimum Gasteiger partial charge on any atom is -0.481 e. The molecule has 31 heavy (non-hydrogen) atoms. The van der Waals surface area contributed by atoms with Crippen LogP contribution in [0.25, 0.3) is 0 Å². The Morgan fingerprint density at radius 2 is 1.52 bits per heavy atom. The number of carboxylic acids is 1. The van der Waals surface area contributed by atoms with E-state index in [9.17, 15) is 14.7 Å². The molecule has 1 unspecified atom stereocenters. The fraction of sp³-hybridized carbons (Fsp3) is 0.125. The molecular formula is C24H24N4O3. The van der Waals surface area contributed by atoms with E-state index in [4.69, 9.17) is 11.5 Å². The molecule has 158 valence electrons. The molecule has 0 saturated heterocycles. The molecule has 6 N–H and O–H groups in total. The number of anilines is 1. The zero-order valence-electron chi connectivity index (χ0n) is 16.9. The highest BCUT2D eigenvalue weighted by molar-refractivity contribution is 6.04. The van der Waals surface area contributed by atoms with Crippen molar-refractivity contribution >= 4 is 29.2 Å². The predicted octanol–water partition coefficient (Wildman–Crippen LogP) is 3.33. The van der Waals surface area contributed by atoms with Gasteiger partial charge in [0.25, 0.3) is 5.91 Å². The quantitative estimate of drug-likeness (QED) is 0.330. The second-order valence-electron chi connectivity index (χ2n) is 7.17. The summed E-state index contributed by atoms with van der Waals surface area (Å²) in [6.07, 6.45) is 0.861. The van der Waals surface area contributed by atoms with Crippen molar-refractivity contribution in [2.24, 2.45) is 22.4 Å². The number of hydrogen-bond acceptors (Lipinski definition) is 3. The van der Waals surface area contributed by atoms with E-state index in [2.05, 4.69) is 10.3 Å². The number of nitrogens with two attached hydrogens (primary N) is 2. The maximum absolute atomic E-state index is 12.5. The number of aliphatic carboxylic acids is 1. The van der Waals surface area contributed by atoms with Gasteiger partial charge in [0.2, 0.25) is 0 Å². The zero-order chi connectivity index (χ0) is 22.2. The van der Waals surface area contributed by atoms with E-state index in [1.54, 1.807) is 36.4 Å². The van der Waals surface area contributed by atoms with Crippen LogP contribution in [-0.2, 0) is 17.6 Å². The summed E-state index contributed by atoms with van der Waals surface area (Å²) in [5.41, 5.74) is 14.1. The van der Waals surface area contributed by atoms with Gasteiger partial charge in [-0.05, 0) is 54.3 Å². The van der Waals surface area contributed by atoms with Crippen molar-refractivity contribution in [2.45, 2.75) is 12.8 Å². The lowest BCUT2D eigenvalue weighted by atomic mass is 9.92. The summed E-state index contributed by atoms with van der Waals surface area (Å²) in [6.45, 7) is 0. The molecule has 0 spiro atoms. The van der Waals surface area contributed by atoms with Gasteiger partial charge in [0.15, 0.2) is 5.96 Å². The highest BCUT2D eigenvalue weighted by Gasteiger charge is 2.18. The minimum absolute atomic E-state index is 0.0833. The van der Waals surface area contributed by atoms with Gasteiger partial charge < -0.3 is 21.9 Å². The van der Waals surface area contributed by atoms with Crippen molar-refractivity contribution in [3.05, 3.63) is 95.6 Å². The fourth-order valence-electron chi connectivity index (χ4n) is 3.22. The fourth-order valence-corrected chi connectivity index (χ4v) is 3.22. The van der Waals surface area contributed by atoms with Gasteiger partial charge >= 0.3 is 5.97 Å². The van der Waals surface area contributed by atoms with Gasteiger partial charge in [-0.25, -0.2) is 4.99 Å². The molecule has 0 bridgehead atoms. The van der Waals surface area contributed by atoms with Gasteiger partial charge in [0, 0.05) is 11.3 Å². The monoisotopic (exact) mass is 416 g/mol. The van der Waals surface area contributed by atoms with Crippen LogP contribution in [0.5, 0.6) is 0 Å². The average Bonchev–Trinajstić information content (AvgIpc) is 2.75. The molecule has 3 aromatic rings. The number of amides is 1. The molecule has 1 amide bonds. The SMILES string of the molecule is NC(N)=Nc1cccc(C(=O)Nc2ccc(CC(Cc3ccccc3)C(=O)O)cc2)c1. The van der Waals surface area contributed by atoms with Gasteiger partial charge in [-0.15, -0.1) is 0 Å². The van der Waals surface area contributed by atoms with E-state index < -0.39 is 11.9 Å². The Balaban J connectivity index is 1.65. The highest BCUT2D eigenvalue weighted by Crippen LogP contribution is 2.19. The van der Waals surface area contributed by atoms with Crippen LogP contribution in [0.1, 0.15) is 21.5 Å². The molecule has 0 aromatic heterocycles. The van der Waals surface area contributed by atoms with Crippen molar-refractivity contribution < 1.29 is 14.7 Å². The number of hydrogen-bond donors (Lipinski definition) is 4. The summed E-state index contributed by atoms with van der Waals surface area (Å²) in [7, 11) is 0. The second-order valence-corrected chi connectivity index (χ2v) is 7.17. The Hall–Kier alpha value is -4.13. The summed E-state index contributed by atoms with van der Waals surface area (Å²) in [5, 5.41) is 12.4. The minimum atomic E-state index is -0.832. The smallest absolute Gasteiger partial charge is 0.307 e. The van der Waals surface area contributed by atoms with E-state index in [0.717, 1.165) is 11.1 Å². The number of guanidine groups is 1. The van der Waals surface area contributed by atoms with Crippen molar-refractivity contribution in [3.8, 4) is 0 Å². The van der Waals surface area contributed by atoms with Crippen LogP contribution in [0.4, 0.5) is 11.4 Å². The lowest BCUT2D eigenvalue weighted by Gasteiger charge is -2.13. The molecule has 0 heterocycles. The summed E-state index contributed by atoms with van der Waals surface area (Å²) in [5.74, 6) is -1.74. The maximum atomic E-state index is 12.5. The number of rotatable bonds is 8. The van der Waals surface area contributed by atoms with E-state index in [1.165, 1.54) is 0 Å². The maximum Gasteiger partial charge on any atom is 0.307 e. The van der Waals surface area contributed by atoms with Crippen LogP contribution in [0, 0.1) is 5.92 Å². The topological polar surface area (TPSA) is 131 Å². The molecule has 0 fully saturated rings. The number of carbonyl (C=O) groups excluding carboxylic acids is 1. The Bertz CT molecular complexity index is 1080. The van der Waals surface area contributed by atoms with E-state index in [-0.39, 0.29) is 11.9 Å². The first-order valence-electron chi connectivity index (χ1n) is 9.77. The third-order valence-corrected chi connectivity index (χ3v) is 4.73. The summed E-state index contributed by atoms with van der Waals surface area (Å²) >= 11 is 0. The van der Waals surface area contributed by atoms with Crippen LogP contribution in [0.2, 0.25) is 0 Å². The zero-order valence-corrected chi connectivity index (χ0v) is 16.9. The van der Waals surface area contributed by atoms with Gasteiger partial charge in [-0.2, -0.15) is 0 Å². The first kappa shape index (κ1) is 21.6. The van der Waals surface area contributed by atoms with Crippen molar-refractivity contribution in [1.29, 1.82) is 0 Å². The Morgan fingerprint density at radius 1 is 0.871 bits per heavy atom. The molecule has 0 radical (unpaired) electrons. The molecule has 0 aliphatic rings. The van der Waals surface area contributed by atoms with Crippen LogP contribution >= 0.6 is 0 Å². The molecule has 0 saturated carbocycles. The van der Waals surface area contributed by atoms with Gasteiger partial charge in [0.1, 0.15) is 0 Å². The summed E-state index contributed by atoms with van der Waals surface area (Å²) in [4.78, 5) is 28.1. The number of aliphatic imine (C=N–C) groups is 1. The van der Waals surface area contributed by atoms with Gasteiger partial charge in [0.05, 0.1) is 11.6 Å².